The lowest BCUT2D eigenvalue weighted by Gasteiger charge is -2.09. The number of hydrogen-bond acceptors (Lipinski definition) is 2. The van der Waals surface area contributed by atoms with Crippen molar-refractivity contribution in [3.63, 3.8) is 0 Å². The number of aryl methyl sites for hydroxylation is 2. The van der Waals surface area contributed by atoms with Crippen molar-refractivity contribution in [1.29, 1.82) is 0 Å². The van der Waals surface area contributed by atoms with E-state index in [4.69, 9.17) is 39.9 Å². The molecule has 5 rings (SSSR count). The highest BCUT2D eigenvalue weighted by Crippen LogP contribution is 2.35. The van der Waals surface area contributed by atoms with Gasteiger partial charge >= 0.3 is 0 Å². The smallest absolute Gasteiger partial charge is 0.150 e. The summed E-state index contributed by atoms with van der Waals surface area (Å²) >= 11 is 18.4. The van der Waals surface area contributed by atoms with Gasteiger partial charge in [0.25, 0.3) is 0 Å². The van der Waals surface area contributed by atoms with E-state index in [2.05, 4.69) is 16.1 Å². The van der Waals surface area contributed by atoms with Crippen LogP contribution in [0.25, 0.3) is 16.8 Å². The number of nitrogens with zero attached hydrogens (tertiary/aromatic N) is 3. The van der Waals surface area contributed by atoms with Gasteiger partial charge in [0.1, 0.15) is 5.65 Å². The minimum Gasteiger partial charge on any atom is -0.378 e. The maximum atomic E-state index is 6.27. The molecule has 1 aliphatic rings. The molecular weight excluding hydrogens is 427 g/mol. The van der Waals surface area contributed by atoms with Gasteiger partial charge in [-0.25, -0.2) is 4.52 Å². The standard InChI is InChI=1S/C22H19Cl3N4/c23-15-5-7-16(8-6-15)26-12-21-27-29-13-18(14-4-9-19(24)20(25)11-14)17-3-1-2-10-28(21)22(17)29/h4-9,11,13,26H,1-3,10,12H2. The van der Waals surface area contributed by atoms with Gasteiger partial charge in [-0.2, -0.15) is 5.10 Å². The van der Waals surface area contributed by atoms with Crippen LogP contribution >= 0.6 is 34.8 Å². The molecule has 0 bridgehead atoms. The van der Waals surface area contributed by atoms with Crippen molar-refractivity contribution in [1.82, 2.24) is 14.2 Å². The monoisotopic (exact) mass is 444 g/mol. The highest BCUT2D eigenvalue weighted by Gasteiger charge is 2.22. The fourth-order valence-electron chi connectivity index (χ4n) is 4.03. The van der Waals surface area contributed by atoms with E-state index in [9.17, 15) is 0 Å². The minimum absolute atomic E-state index is 0.572. The molecule has 0 unspecified atom stereocenters. The van der Waals surface area contributed by atoms with Gasteiger partial charge in [-0.1, -0.05) is 40.9 Å². The summed E-state index contributed by atoms with van der Waals surface area (Å²) in [6, 6.07) is 13.6. The van der Waals surface area contributed by atoms with Crippen molar-refractivity contribution in [3.05, 3.63) is 75.1 Å². The molecule has 0 amide bonds. The van der Waals surface area contributed by atoms with Crippen molar-refractivity contribution in [2.24, 2.45) is 0 Å². The first kappa shape index (κ1) is 18.9. The molecule has 0 atom stereocenters. The molecule has 1 N–H and O–H groups in total. The van der Waals surface area contributed by atoms with Crippen LogP contribution in [0, 0.1) is 0 Å². The number of benzene rings is 2. The first-order valence-corrected chi connectivity index (χ1v) is 10.8. The summed E-state index contributed by atoms with van der Waals surface area (Å²) in [6.07, 6.45) is 5.43. The van der Waals surface area contributed by atoms with Gasteiger partial charge in [-0.15, -0.1) is 0 Å². The highest BCUT2D eigenvalue weighted by atomic mass is 35.5. The molecule has 0 saturated heterocycles. The van der Waals surface area contributed by atoms with E-state index in [0.29, 0.717) is 16.6 Å². The van der Waals surface area contributed by atoms with E-state index < -0.39 is 0 Å². The van der Waals surface area contributed by atoms with Crippen LogP contribution < -0.4 is 5.32 Å². The quantitative estimate of drug-likeness (QED) is 0.379. The largest absolute Gasteiger partial charge is 0.378 e. The molecule has 2 aromatic carbocycles. The molecule has 0 spiro atoms. The number of hydrogen-bond donors (Lipinski definition) is 1. The Labute approximate surface area is 184 Å². The summed E-state index contributed by atoms with van der Waals surface area (Å²) in [5, 5.41) is 10.2. The summed E-state index contributed by atoms with van der Waals surface area (Å²) in [7, 11) is 0. The van der Waals surface area contributed by atoms with Gasteiger partial charge in [0, 0.05) is 34.6 Å². The molecule has 2 aromatic heterocycles. The van der Waals surface area contributed by atoms with Crippen LogP contribution in [0.15, 0.2) is 48.7 Å². The molecule has 29 heavy (non-hydrogen) atoms. The topological polar surface area (TPSA) is 34.3 Å². The summed E-state index contributed by atoms with van der Waals surface area (Å²) < 4.78 is 4.35. The predicted molar refractivity (Wildman–Crippen MR) is 120 cm³/mol. The molecule has 4 nitrogen and oxygen atoms in total. The number of anilines is 1. The maximum absolute atomic E-state index is 6.27. The van der Waals surface area contributed by atoms with Crippen molar-refractivity contribution >= 4 is 46.1 Å². The summed E-state index contributed by atoms with van der Waals surface area (Å²) in [4.78, 5) is 0. The van der Waals surface area contributed by atoms with Gasteiger partial charge in [0.15, 0.2) is 5.82 Å². The molecule has 4 aromatic rings. The van der Waals surface area contributed by atoms with Crippen LogP contribution in [-0.2, 0) is 19.5 Å². The summed E-state index contributed by atoms with van der Waals surface area (Å²) in [5.41, 5.74) is 5.79. The molecule has 0 radical (unpaired) electrons. The average molecular weight is 446 g/mol. The zero-order valence-corrected chi connectivity index (χ0v) is 17.9. The lowest BCUT2D eigenvalue weighted by molar-refractivity contribution is 0.619. The van der Waals surface area contributed by atoms with E-state index >= 15 is 0 Å². The Kier molecular flexibility index (Phi) is 4.94. The normalized spacial score (nSPS) is 13.6. The van der Waals surface area contributed by atoms with Crippen molar-refractivity contribution < 1.29 is 0 Å². The fraction of sp³-hybridized carbons (Fsp3) is 0.227. The van der Waals surface area contributed by atoms with Gasteiger partial charge in [-0.05, 0) is 61.2 Å². The molecule has 0 aliphatic carbocycles. The third-order valence-corrected chi connectivity index (χ3v) is 6.43. The van der Waals surface area contributed by atoms with E-state index in [-0.39, 0.29) is 0 Å². The number of rotatable bonds is 4. The summed E-state index contributed by atoms with van der Waals surface area (Å²) in [6.45, 7) is 1.63. The van der Waals surface area contributed by atoms with Gasteiger partial charge < -0.3 is 9.88 Å². The number of nitrogens with one attached hydrogen (secondary N) is 1. The lowest BCUT2D eigenvalue weighted by Crippen LogP contribution is -2.09. The van der Waals surface area contributed by atoms with Crippen molar-refractivity contribution in [3.8, 4) is 11.1 Å². The first-order valence-electron chi connectivity index (χ1n) is 9.64. The fourth-order valence-corrected chi connectivity index (χ4v) is 4.45. The highest BCUT2D eigenvalue weighted by molar-refractivity contribution is 6.42. The van der Waals surface area contributed by atoms with E-state index in [1.807, 2.05) is 47.0 Å². The van der Waals surface area contributed by atoms with Crippen molar-refractivity contribution in [2.75, 3.05) is 5.32 Å². The Morgan fingerprint density at radius 2 is 1.79 bits per heavy atom. The first-order chi connectivity index (χ1) is 14.1. The molecule has 0 saturated carbocycles. The second-order valence-corrected chi connectivity index (χ2v) is 8.55. The average Bonchev–Trinajstić information content (AvgIpc) is 3.13. The Hall–Kier alpha value is -2.14. The van der Waals surface area contributed by atoms with Crippen LogP contribution in [0.4, 0.5) is 5.69 Å². The zero-order chi connectivity index (χ0) is 20.0. The Balaban J connectivity index is 1.53. The third-order valence-electron chi connectivity index (χ3n) is 5.44. The Morgan fingerprint density at radius 1 is 0.966 bits per heavy atom. The van der Waals surface area contributed by atoms with Crippen LogP contribution in [0.2, 0.25) is 15.1 Å². The molecule has 7 heteroatoms. The van der Waals surface area contributed by atoms with Gasteiger partial charge in [0.05, 0.1) is 16.6 Å². The third kappa shape index (κ3) is 3.50. The van der Waals surface area contributed by atoms with Crippen LogP contribution in [0.3, 0.4) is 0 Å². The zero-order valence-electron chi connectivity index (χ0n) is 15.6. The number of aromatic nitrogens is 3. The van der Waals surface area contributed by atoms with Gasteiger partial charge in [0.2, 0.25) is 0 Å². The molecule has 1 aliphatic heterocycles. The molecular formula is C22H19Cl3N4. The van der Waals surface area contributed by atoms with Crippen LogP contribution in [0.5, 0.6) is 0 Å². The Bertz CT molecular complexity index is 1190. The maximum Gasteiger partial charge on any atom is 0.150 e. The van der Waals surface area contributed by atoms with E-state index in [0.717, 1.165) is 47.9 Å². The van der Waals surface area contributed by atoms with Crippen LogP contribution in [0.1, 0.15) is 24.2 Å². The SMILES string of the molecule is Clc1ccc(NCc2nn3cc(-c4ccc(Cl)c(Cl)c4)c4c3n2CCCC4)cc1. The van der Waals surface area contributed by atoms with E-state index in [1.54, 1.807) is 0 Å². The van der Waals surface area contributed by atoms with E-state index in [1.165, 1.54) is 16.8 Å². The van der Waals surface area contributed by atoms with Crippen LogP contribution in [-0.4, -0.2) is 14.2 Å². The Morgan fingerprint density at radius 3 is 2.59 bits per heavy atom. The second-order valence-electron chi connectivity index (χ2n) is 7.30. The predicted octanol–water partition coefficient (Wildman–Crippen LogP) is 6.71. The van der Waals surface area contributed by atoms with Gasteiger partial charge in [-0.3, -0.25) is 0 Å². The minimum atomic E-state index is 0.572. The molecule has 148 valence electrons. The molecule has 3 heterocycles. The van der Waals surface area contributed by atoms with Crippen molar-refractivity contribution in [2.45, 2.75) is 32.4 Å². The molecule has 0 fully saturated rings. The second kappa shape index (κ2) is 7.60. The summed E-state index contributed by atoms with van der Waals surface area (Å²) in [5.74, 6) is 1.03. The number of halogens is 3. The lowest BCUT2D eigenvalue weighted by atomic mass is 10.0.